The van der Waals surface area contributed by atoms with E-state index in [4.69, 9.17) is 0 Å². The zero-order chi connectivity index (χ0) is 49.3. The van der Waals surface area contributed by atoms with Crippen LogP contribution in [0.1, 0.15) is 28.3 Å². The summed E-state index contributed by atoms with van der Waals surface area (Å²) in [6.45, 7) is 0.639. The van der Waals surface area contributed by atoms with Crippen molar-refractivity contribution in [2.24, 2.45) is 0 Å². The second kappa shape index (κ2) is 15.9. The van der Waals surface area contributed by atoms with Gasteiger partial charge < -0.3 is 9.97 Å². The smallest absolute Gasteiger partial charge is 0.200 e. The fourth-order valence-electron chi connectivity index (χ4n) is 7.70. The van der Waals surface area contributed by atoms with Crippen molar-refractivity contribution in [1.29, 1.82) is 0 Å². The number of aromatic nitrogens is 4. The first-order chi connectivity index (χ1) is 32.1. The van der Waals surface area contributed by atoms with Gasteiger partial charge in [0.05, 0.1) is 45.0 Å². The predicted molar refractivity (Wildman–Crippen MR) is 205 cm³/mol. The fourth-order valence-corrected chi connectivity index (χ4v) is 7.70. The number of fused-ring (bicyclic) bond motifs is 8. The molecule has 0 radical (unpaired) electrons. The van der Waals surface area contributed by atoms with Gasteiger partial charge in [0.15, 0.2) is 87.3 Å². The highest BCUT2D eigenvalue weighted by atomic mass is 19.2. The van der Waals surface area contributed by atoms with Crippen LogP contribution < -0.4 is 0 Å². The molecule has 0 fully saturated rings. The van der Waals surface area contributed by atoms with Crippen LogP contribution in [0.4, 0.5) is 83.4 Å². The maximum atomic E-state index is 16.2. The van der Waals surface area contributed by atoms with Gasteiger partial charge in [0.25, 0.3) is 0 Å². The number of hydrogen-bond acceptors (Lipinski definition) is 2. The van der Waals surface area contributed by atoms with Crippen LogP contribution in [0.5, 0.6) is 0 Å². The van der Waals surface area contributed by atoms with Crippen LogP contribution in [0.25, 0.3) is 90.9 Å². The van der Waals surface area contributed by atoms with Crippen LogP contribution in [0.15, 0.2) is 24.3 Å². The van der Waals surface area contributed by atoms with E-state index < -0.39 is 205 Å². The van der Waals surface area contributed by atoms with Gasteiger partial charge in [0.2, 0.25) is 17.5 Å². The maximum Gasteiger partial charge on any atom is 0.200 e. The standard InChI is InChI=1S/C45H13F19N4/c1-10-27(46)23(29(48)36(55)28(10)47)19-11-2-4-13(65-11)20(24-30(49)37(56)43(62)38(57)31(24)50)15-6-8-17(67-15)22(26-34(53)41(60)45(64)42(61)35(26)54)18-9-7-16(68-18)21(14-5-3-12(19)66-14)25-32(51)39(58)44(63)40(59)33(25)52/h2-9,65,68H,1H3. The maximum absolute atomic E-state index is 16.2. The lowest BCUT2D eigenvalue weighted by Gasteiger charge is -2.12. The van der Waals surface area contributed by atoms with E-state index in [1.54, 1.807) is 0 Å². The summed E-state index contributed by atoms with van der Waals surface area (Å²) in [5.41, 5.74) is -20.0. The highest BCUT2D eigenvalue weighted by molar-refractivity contribution is 6.00. The van der Waals surface area contributed by atoms with Crippen molar-refractivity contribution in [1.82, 2.24) is 19.9 Å². The Morgan fingerprint density at radius 1 is 0.250 bits per heavy atom. The summed E-state index contributed by atoms with van der Waals surface area (Å²) in [5.74, 6) is -47.4. The average molecular weight is 971 g/mol. The Balaban J connectivity index is 1.60. The SMILES string of the molecule is Cc1c(F)c(F)c(F)c(-c2c3nc(c(-c4c(F)c(F)c(F)c(F)c4F)c4ccc([nH]4)c(-c4c(F)c(F)c(F)c(F)c4F)c4nc(c(-c5c(F)c(F)c(F)c(F)c5F)c5ccc2[nH]5)C=C4)C=C3)c1F. The van der Waals surface area contributed by atoms with Gasteiger partial charge in [-0.05, 0) is 55.5 Å². The lowest BCUT2D eigenvalue weighted by Crippen LogP contribution is -2.06. The van der Waals surface area contributed by atoms with E-state index in [9.17, 15) is 43.9 Å². The number of rotatable bonds is 4. The molecule has 346 valence electrons. The zero-order valence-corrected chi connectivity index (χ0v) is 32.7. The third kappa shape index (κ3) is 6.41. The van der Waals surface area contributed by atoms with Crippen molar-refractivity contribution in [3.8, 4) is 44.5 Å². The molecule has 7 aromatic rings. The molecule has 68 heavy (non-hydrogen) atoms. The van der Waals surface area contributed by atoms with Gasteiger partial charge >= 0.3 is 0 Å². The molecule has 0 amide bonds. The quantitative estimate of drug-likeness (QED) is 0.105. The van der Waals surface area contributed by atoms with Crippen LogP contribution >= 0.6 is 0 Å². The number of nitrogens with one attached hydrogen (secondary N) is 2. The Hall–Kier alpha value is -7.85. The first kappa shape index (κ1) is 45.3. The van der Waals surface area contributed by atoms with Crippen LogP contribution in [0.3, 0.4) is 0 Å². The van der Waals surface area contributed by atoms with E-state index in [1.165, 1.54) is 0 Å². The summed E-state index contributed by atoms with van der Waals surface area (Å²) < 4.78 is 290. The second-order valence-electron chi connectivity index (χ2n) is 14.6. The highest BCUT2D eigenvalue weighted by Crippen LogP contribution is 2.44. The van der Waals surface area contributed by atoms with Crippen molar-refractivity contribution in [3.63, 3.8) is 0 Å². The van der Waals surface area contributed by atoms with Crippen LogP contribution in [0, 0.1) is 117 Å². The Morgan fingerprint density at radius 2 is 0.441 bits per heavy atom. The lowest BCUT2D eigenvalue weighted by molar-refractivity contribution is 0.381. The van der Waals surface area contributed by atoms with Crippen molar-refractivity contribution < 1.29 is 83.4 Å². The number of H-pyrrole nitrogens is 2. The van der Waals surface area contributed by atoms with Gasteiger partial charge in [0.1, 0.15) is 5.82 Å². The highest BCUT2D eigenvalue weighted by Gasteiger charge is 2.35. The van der Waals surface area contributed by atoms with Gasteiger partial charge in [-0.2, -0.15) is 0 Å². The molecule has 5 heterocycles. The van der Waals surface area contributed by atoms with Gasteiger partial charge in [-0.3, -0.25) is 0 Å². The molecule has 0 unspecified atom stereocenters. The second-order valence-corrected chi connectivity index (χ2v) is 14.6. The molecule has 23 heteroatoms. The molecule has 4 aromatic carbocycles. The summed E-state index contributed by atoms with van der Waals surface area (Å²) in [5, 5.41) is 0. The van der Waals surface area contributed by atoms with E-state index in [0.29, 0.717) is 37.3 Å². The molecule has 2 aliphatic rings. The third-order valence-electron chi connectivity index (χ3n) is 10.9. The van der Waals surface area contributed by atoms with Gasteiger partial charge in [-0.1, -0.05) is 0 Å². The third-order valence-corrected chi connectivity index (χ3v) is 10.9. The number of aromatic amines is 2. The van der Waals surface area contributed by atoms with Crippen molar-refractivity contribution in [2.75, 3.05) is 0 Å². The normalized spacial score (nSPS) is 12.3. The van der Waals surface area contributed by atoms with Gasteiger partial charge in [-0.15, -0.1) is 0 Å². The Labute approximate surface area is 364 Å². The summed E-state index contributed by atoms with van der Waals surface area (Å²) in [6, 6.07) is 2.82. The van der Waals surface area contributed by atoms with Crippen molar-refractivity contribution in [2.45, 2.75) is 6.92 Å². The number of halogens is 19. The minimum Gasteiger partial charge on any atom is -0.354 e. The predicted octanol–water partition coefficient (Wildman–Crippen LogP) is 14.3. The molecule has 0 aliphatic carbocycles. The monoisotopic (exact) mass is 970 g/mol. The van der Waals surface area contributed by atoms with Crippen LogP contribution in [0.2, 0.25) is 0 Å². The molecule has 9 rings (SSSR count). The molecule has 4 nitrogen and oxygen atoms in total. The van der Waals surface area contributed by atoms with Crippen molar-refractivity contribution in [3.05, 3.63) is 163 Å². The zero-order valence-electron chi connectivity index (χ0n) is 32.7. The topological polar surface area (TPSA) is 57.4 Å². The van der Waals surface area contributed by atoms with E-state index in [2.05, 4.69) is 19.9 Å². The molecule has 3 aromatic heterocycles. The van der Waals surface area contributed by atoms with E-state index in [1.807, 2.05) is 0 Å². The summed E-state index contributed by atoms with van der Waals surface area (Å²) >= 11 is 0. The van der Waals surface area contributed by atoms with E-state index >= 15 is 39.5 Å². The van der Waals surface area contributed by atoms with Crippen molar-refractivity contribution >= 4 is 46.4 Å². The number of benzene rings is 4. The van der Waals surface area contributed by atoms with E-state index in [0.717, 1.165) is 18.2 Å². The van der Waals surface area contributed by atoms with Gasteiger partial charge in [-0.25, -0.2) is 93.4 Å². The first-order valence-corrected chi connectivity index (χ1v) is 18.6. The molecule has 0 atom stereocenters. The summed E-state index contributed by atoms with van der Waals surface area (Å²) in [4.78, 5) is 12.7. The van der Waals surface area contributed by atoms with Crippen LogP contribution in [-0.2, 0) is 0 Å². The molecule has 8 bridgehead atoms. The molecule has 0 saturated carbocycles. The first-order valence-electron chi connectivity index (χ1n) is 18.6. The Kier molecular flexibility index (Phi) is 10.6. The van der Waals surface area contributed by atoms with Crippen LogP contribution in [-0.4, -0.2) is 19.9 Å². The Bertz CT molecular complexity index is 3120. The number of hydrogen-bond donors (Lipinski definition) is 2. The number of nitrogens with zero attached hydrogens (tertiary/aromatic N) is 2. The van der Waals surface area contributed by atoms with E-state index in [-0.39, 0.29) is 0 Å². The molecular formula is C45H13F19N4. The average Bonchev–Trinajstić information content (AvgIpc) is 4.18. The molecule has 0 saturated heterocycles. The molecule has 0 spiro atoms. The van der Waals surface area contributed by atoms with Gasteiger partial charge in [0, 0.05) is 49.9 Å². The summed E-state index contributed by atoms with van der Waals surface area (Å²) in [6.07, 6.45) is 2.71. The largest absolute Gasteiger partial charge is 0.354 e. The Morgan fingerprint density at radius 3 is 0.676 bits per heavy atom. The molecular weight excluding hydrogens is 957 g/mol. The summed E-state index contributed by atoms with van der Waals surface area (Å²) in [7, 11) is 0. The fraction of sp³-hybridized carbons (Fsp3) is 0.0222. The molecule has 2 aliphatic heterocycles. The minimum atomic E-state index is -2.69. The lowest BCUT2D eigenvalue weighted by atomic mass is 9.99. The molecule has 2 N–H and O–H groups in total. The minimum absolute atomic E-state index is 0.639.